The molecule has 0 aromatic heterocycles. The van der Waals surface area contributed by atoms with Gasteiger partial charge >= 0.3 is 5.97 Å². The highest BCUT2D eigenvalue weighted by Crippen LogP contribution is 2.32. The zero-order valence-corrected chi connectivity index (χ0v) is 16.8. The summed E-state index contributed by atoms with van der Waals surface area (Å²) in [5.41, 5.74) is 1.00. The Morgan fingerprint density at radius 3 is 2.48 bits per heavy atom. The Hall–Kier alpha value is -1.48. The minimum Gasteiger partial charge on any atom is -0.466 e. The van der Waals surface area contributed by atoms with Crippen LogP contribution in [0.5, 0.6) is 0 Å². The van der Waals surface area contributed by atoms with Crippen molar-refractivity contribution in [3.63, 3.8) is 0 Å². The molecule has 150 valence electrons. The third kappa shape index (κ3) is 4.51. The Labute approximate surface area is 161 Å². The second kappa shape index (κ2) is 8.68. The van der Waals surface area contributed by atoms with Crippen molar-refractivity contribution in [3.05, 3.63) is 29.8 Å². The van der Waals surface area contributed by atoms with Crippen molar-refractivity contribution in [2.45, 2.75) is 43.7 Å². The average Bonchev–Trinajstić information content (AvgIpc) is 3.07. The second-order valence-corrected chi connectivity index (χ2v) is 8.90. The van der Waals surface area contributed by atoms with E-state index in [1.807, 2.05) is 6.92 Å². The van der Waals surface area contributed by atoms with Crippen LogP contribution in [-0.4, -0.2) is 75.1 Å². The summed E-state index contributed by atoms with van der Waals surface area (Å²) in [5.74, 6) is -0.355. The van der Waals surface area contributed by atoms with E-state index >= 15 is 0 Å². The minimum absolute atomic E-state index is 0.00136. The number of nitrogens with zero attached hydrogens (tertiary/aromatic N) is 2. The molecule has 0 bridgehead atoms. The molecule has 0 saturated carbocycles. The van der Waals surface area contributed by atoms with Crippen LogP contribution in [0.1, 0.15) is 25.3 Å². The molecule has 1 aromatic carbocycles. The van der Waals surface area contributed by atoms with Crippen LogP contribution in [0.2, 0.25) is 0 Å². The molecule has 27 heavy (non-hydrogen) atoms. The Balaban J connectivity index is 1.87. The number of morpholine rings is 1. The van der Waals surface area contributed by atoms with Crippen molar-refractivity contribution < 1.29 is 22.7 Å². The highest BCUT2D eigenvalue weighted by molar-refractivity contribution is 7.89. The number of esters is 1. The number of rotatable bonds is 6. The summed E-state index contributed by atoms with van der Waals surface area (Å²) in [6.07, 6.45) is 0.774. The lowest BCUT2D eigenvalue weighted by Crippen LogP contribution is -2.51. The standard InChI is InChI=1S/C19H28N2O5S/c1-3-26-19(22)14-18-17(20-10-12-25-13-11-20)8-9-21(18)27(23,24)16-6-4-15(2)5-7-16/h4-7,17-18H,3,8-14H2,1-2H3. The van der Waals surface area contributed by atoms with Gasteiger partial charge in [-0.25, -0.2) is 8.42 Å². The molecule has 1 aromatic rings. The highest BCUT2D eigenvalue weighted by atomic mass is 32.2. The lowest BCUT2D eigenvalue weighted by Gasteiger charge is -2.36. The molecule has 2 heterocycles. The Bertz CT molecular complexity index is 744. The summed E-state index contributed by atoms with van der Waals surface area (Å²) in [7, 11) is -3.67. The first-order valence-electron chi connectivity index (χ1n) is 9.49. The first-order chi connectivity index (χ1) is 12.9. The number of carbonyl (C=O) groups excluding carboxylic acids is 1. The maximum absolute atomic E-state index is 13.3. The fraction of sp³-hybridized carbons (Fsp3) is 0.632. The van der Waals surface area contributed by atoms with Gasteiger partial charge in [-0.2, -0.15) is 4.31 Å². The molecule has 0 radical (unpaired) electrons. The number of ether oxygens (including phenoxy) is 2. The number of sulfonamides is 1. The van der Waals surface area contributed by atoms with Crippen LogP contribution in [0.4, 0.5) is 0 Å². The molecular formula is C19H28N2O5S. The lowest BCUT2D eigenvalue weighted by atomic mass is 10.0. The van der Waals surface area contributed by atoms with Gasteiger partial charge in [0.05, 0.1) is 37.2 Å². The Morgan fingerprint density at radius 1 is 1.19 bits per heavy atom. The van der Waals surface area contributed by atoms with E-state index in [1.165, 1.54) is 4.31 Å². The van der Waals surface area contributed by atoms with Crippen molar-refractivity contribution in [2.75, 3.05) is 39.5 Å². The maximum atomic E-state index is 13.3. The zero-order chi connectivity index (χ0) is 19.4. The Morgan fingerprint density at radius 2 is 1.85 bits per heavy atom. The lowest BCUT2D eigenvalue weighted by molar-refractivity contribution is -0.144. The topological polar surface area (TPSA) is 76.2 Å². The van der Waals surface area contributed by atoms with Crippen LogP contribution < -0.4 is 0 Å². The van der Waals surface area contributed by atoms with E-state index in [2.05, 4.69) is 4.90 Å². The van der Waals surface area contributed by atoms with Crippen LogP contribution in [0.15, 0.2) is 29.2 Å². The molecule has 0 aliphatic carbocycles. The number of carbonyl (C=O) groups is 1. The molecular weight excluding hydrogens is 368 g/mol. The van der Waals surface area contributed by atoms with Crippen LogP contribution in [0.3, 0.4) is 0 Å². The van der Waals surface area contributed by atoms with Gasteiger partial charge in [-0.05, 0) is 32.4 Å². The first kappa shape index (κ1) is 20.3. The molecule has 2 saturated heterocycles. The van der Waals surface area contributed by atoms with Crippen LogP contribution in [0, 0.1) is 6.92 Å². The monoisotopic (exact) mass is 396 g/mol. The maximum Gasteiger partial charge on any atom is 0.307 e. The normalized spacial score (nSPS) is 24.8. The summed E-state index contributed by atoms with van der Waals surface area (Å²) in [4.78, 5) is 14.7. The van der Waals surface area contributed by atoms with E-state index in [1.54, 1.807) is 31.2 Å². The van der Waals surface area contributed by atoms with Gasteiger partial charge in [0.1, 0.15) is 0 Å². The van der Waals surface area contributed by atoms with E-state index in [4.69, 9.17) is 9.47 Å². The molecule has 0 N–H and O–H groups in total. The largest absolute Gasteiger partial charge is 0.466 e. The van der Waals surface area contributed by atoms with Crippen molar-refractivity contribution in [1.29, 1.82) is 0 Å². The van der Waals surface area contributed by atoms with Crippen LogP contribution >= 0.6 is 0 Å². The summed E-state index contributed by atoms with van der Waals surface area (Å²) in [6.45, 7) is 7.14. The average molecular weight is 397 g/mol. The molecule has 2 aliphatic heterocycles. The molecule has 7 nitrogen and oxygen atoms in total. The number of aryl methyl sites for hydroxylation is 1. The molecule has 2 fully saturated rings. The van der Waals surface area contributed by atoms with Gasteiger partial charge in [0.15, 0.2) is 0 Å². The van der Waals surface area contributed by atoms with Crippen LogP contribution in [0.25, 0.3) is 0 Å². The van der Waals surface area contributed by atoms with E-state index < -0.39 is 16.1 Å². The van der Waals surface area contributed by atoms with Gasteiger partial charge in [0.25, 0.3) is 0 Å². The quantitative estimate of drug-likeness (QED) is 0.677. The fourth-order valence-electron chi connectivity index (χ4n) is 3.92. The summed E-state index contributed by atoms with van der Waals surface area (Å²) >= 11 is 0. The first-order valence-corrected chi connectivity index (χ1v) is 10.9. The third-order valence-corrected chi connectivity index (χ3v) is 7.22. The SMILES string of the molecule is CCOC(=O)CC1C(N2CCOCC2)CCN1S(=O)(=O)c1ccc(C)cc1. The molecule has 3 rings (SSSR count). The van der Waals surface area contributed by atoms with Crippen molar-refractivity contribution >= 4 is 16.0 Å². The zero-order valence-electron chi connectivity index (χ0n) is 16.0. The molecule has 2 unspecified atom stereocenters. The van der Waals surface area contributed by atoms with Crippen molar-refractivity contribution in [1.82, 2.24) is 9.21 Å². The third-order valence-electron chi connectivity index (χ3n) is 5.28. The van der Waals surface area contributed by atoms with Gasteiger partial charge in [-0.3, -0.25) is 9.69 Å². The number of benzene rings is 1. The fourth-order valence-corrected chi connectivity index (χ4v) is 5.59. The van der Waals surface area contributed by atoms with Gasteiger partial charge in [-0.15, -0.1) is 0 Å². The Kier molecular flexibility index (Phi) is 6.52. The van der Waals surface area contributed by atoms with E-state index in [9.17, 15) is 13.2 Å². The van der Waals surface area contributed by atoms with E-state index in [-0.39, 0.29) is 23.3 Å². The summed E-state index contributed by atoms with van der Waals surface area (Å²) < 4.78 is 38.5. The summed E-state index contributed by atoms with van der Waals surface area (Å²) in [5, 5.41) is 0. The van der Waals surface area contributed by atoms with Gasteiger partial charge in [-0.1, -0.05) is 17.7 Å². The molecule has 2 aliphatic rings. The highest BCUT2D eigenvalue weighted by Gasteiger charge is 2.45. The number of hydrogen-bond donors (Lipinski definition) is 0. The predicted octanol–water partition coefficient (Wildman–Crippen LogP) is 1.41. The van der Waals surface area contributed by atoms with Gasteiger partial charge < -0.3 is 9.47 Å². The number of hydrogen-bond acceptors (Lipinski definition) is 6. The smallest absolute Gasteiger partial charge is 0.307 e. The van der Waals surface area contributed by atoms with Crippen molar-refractivity contribution in [2.24, 2.45) is 0 Å². The molecule has 0 spiro atoms. The minimum atomic E-state index is -3.67. The molecule has 0 amide bonds. The van der Waals surface area contributed by atoms with Crippen LogP contribution in [-0.2, 0) is 24.3 Å². The van der Waals surface area contributed by atoms with Gasteiger partial charge in [0.2, 0.25) is 10.0 Å². The van der Waals surface area contributed by atoms with Crippen molar-refractivity contribution in [3.8, 4) is 0 Å². The second-order valence-electron chi connectivity index (χ2n) is 7.01. The molecule has 8 heteroatoms. The molecule has 2 atom stereocenters. The van der Waals surface area contributed by atoms with E-state index in [0.29, 0.717) is 32.8 Å². The predicted molar refractivity (Wildman–Crippen MR) is 101 cm³/mol. The summed E-state index contributed by atoms with van der Waals surface area (Å²) in [6, 6.07) is 6.43. The van der Waals surface area contributed by atoms with E-state index in [0.717, 1.165) is 18.7 Å². The van der Waals surface area contributed by atoms with Gasteiger partial charge in [0, 0.05) is 25.7 Å².